The Morgan fingerprint density at radius 1 is 1.03 bits per heavy atom. The van der Waals surface area contributed by atoms with E-state index >= 15 is 0 Å². The number of fused-ring (bicyclic) bond motifs is 3. The molecule has 8 nitrogen and oxygen atoms in total. The Morgan fingerprint density at radius 2 is 1.66 bits per heavy atom. The molecule has 1 unspecified atom stereocenters. The molecule has 0 saturated heterocycles. The zero-order chi connectivity index (χ0) is 25.2. The van der Waals surface area contributed by atoms with Crippen LogP contribution >= 0.6 is 11.8 Å². The van der Waals surface area contributed by atoms with Crippen molar-refractivity contribution in [2.45, 2.75) is 38.3 Å². The number of carbonyl (C=O) groups is 3. The van der Waals surface area contributed by atoms with E-state index < -0.39 is 18.1 Å². The van der Waals surface area contributed by atoms with Crippen LogP contribution in [0.15, 0.2) is 48.5 Å². The number of nitrogens with one attached hydrogen (secondary N) is 2. The van der Waals surface area contributed by atoms with Crippen LogP contribution in [-0.4, -0.2) is 66.5 Å². The standard InChI is InChI=1S/C26H32N2O6S/c1-17(2)33-13-7-12-27-24(29)16-35-15-23(25(30)31)28-26(32)34-14-22-20-10-5-3-8-18(20)19-9-4-6-11-21(19)22/h3-6,8-11,17,22-23H,7,12-16H2,1-2H3,(H,27,29)(H,28,32)(H,30,31). The number of thioether (sulfide) groups is 1. The van der Waals surface area contributed by atoms with E-state index in [0.717, 1.165) is 34.0 Å². The molecule has 1 aliphatic rings. The van der Waals surface area contributed by atoms with E-state index in [-0.39, 0.29) is 36.0 Å². The van der Waals surface area contributed by atoms with Crippen LogP contribution < -0.4 is 10.6 Å². The van der Waals surface area contributed by atoms with Crippen LogP contribution in [0.3, 0.4) is 0 Å². The molecule has 0 aromatic heterocycles. The van der Waals surface area contributed by atoms with Crippen LogP contribution in [0.4, 0.5) is 4.79 Å². The van der Waals surface area contributed by atoms with Gasteiger partial charge >= 0.3 is 12.1 Å². The molecule has 3 rings (SSSR count). The van der Waals surface area contributed by atoms with Gasteiger partial charge in [0.15, 0.2) is 0 Å². The third kappa shape index (κ3) is 7.73. The van der Waals surface area contributed by atoms with Gasteiger partial charge < -0.3 is 25.2 Å². The number of aliphatic carboxylic acids is 1. The van der Waals surface area contributed by atoms with Gasteiger partial charge in [-0.05, 0) is 42.5 Å². The fourth-order valence-electron chi connectivity index (χ4n) is 3.90. The minimum Gasteiger partial charge on any atom is -0.480 e. The Morgan fingerprint density at radius 3 is 2.26 bits per heavy atom. The van der Waals surface area contributed by atoms with E-state index in [0.29, 0.717) is 19.6 Å². The van der Waals surface area contributed by atoms with Crippen molar-refractivity contribution in [2.75, 3.05) is 31.3 Å². The lowest BCUT2D eigenvalue weighted by atomic mass is 9.98. The summed E-state index contributed by atoms with van der Waals surface area (Å²) in [7, 11) is 0. The second kappa shape index (κ2) is 13.2. The van der Waals surface area contributed by atoms with Crippen molar-refractivity contribution in [3.8, 4) is 11.1 Å². The molecular formula is C26H32N2O6S. The van der Waals surface area contributed by atoms with Crippen molar-refractivity contribution in [2.24, 2.45) is 0 Å². The van der Waals surface area contributed by atoms with E-state index in [2.05, 4.69) is 10.6 Å². The highest BCUT2D eigenvalue weighted by molar-refractivity contribution is 8.00. The van der Waals surface area contributed by atoms with Crippen molar-refractivity contribution in [3.63, 3.8) is 0 Å². The highest BCUT2D eigenvalue weighted by Gasteiger charge is 2.29. The zero-order valence-corrected chi connectivity index (χ0v) is 20.8. The highest BCUT2D eigenvalue weighted by Crippen LogP contribution is 2.44. The Labute approximate surface area is 209 Å². The predicted octanol–water partition coefficient (Wildman–Crippen LogP) is 3.64. The minimum atomic E-state index is -1.18. The van der Waals surface area contributed by atoms with Gasteiger partial charge in [-0.15, -0.1) is 11.8 Å². The predicted molar refractivity (Wildman–Crippen MR) is 136 cm³/mol. The number of alkyl carbamates (subject to hydrolysis) is 1. The maximum atomic E-state index is 12.4. The highest BCUT2D eigenvalue weighted by atomic mass is 32.2. The summed E-state index contributed by atoms with van der Waals surface area (Å²) in [5.74, 6) is -1.34. The van der Waals surface area contributed by atoms with E-state index in [9.17, 15) is 19.5 Å². The van der Waals surface area contributed by atoms with E-state index in [1.807, 2.05) is 62.4 Å². The average molecular weight is 501 g/mol. The molecule has 0 saturated carbocycles. The van der Waals surface area contributed by atoms with Crippen LogP contribution in [0.2, 0.25) is 0 Å². The number of rotatable bonds is 13. The van der Waals surface area contributed by atoms with Gasteiger partial charge in [-0.25, -0.2) is 9.59 Å². The smallest absolute Gasteiger partial charge is 0.407 e. The van der Waals surface area contributed by atoms with Gasteiger partial charge in [0.1, 0.15) is 12.6 Å². The van der Waals surface area contributed by atoms with Gasteiger partial charge in [0.25, 0.3) is 0 Å². The summed E-state index contributed by atoms with van der Waals surface area (Å²) in [4.78, 5) is 35.9. The van der Waals surface area contributed by atoms with Crippen molar-refractivity contribution >= 4 is 29.7 Å². The first-order chi connectivity index (χ1) is 16.9. The lowest BCUT2D eigenvalue weighted by Crippen LogP contribution is -2.43. The molecule has 3 N–H and O–H groups in total. The molecule has 2 aromatic rings. The maximum absolute atomic E-state index is 12.4. The molecule has 0 heterocycles. The van der Waals surface area contributed by atoms with E-state index in [1.165, 1.54) is 0 Å². The largest absolute Gasteiger partial charge is 0.480 e. The SMILES string of the molecule is CC(C)OCCCNC(=O)CSCC(NC(=O)OCC1c2ccccc2-c2ccccc21)C(=O)O. The molecule has 35 heavy (non-hydrogen) atoms. The Hall–Kier alpha value is -3.04. The summed E-state index contributed by atoms with van der Waals surface area (Å²) in [6, 6.07) is 14.8. The molecule has 188 valence electrons. The van der Waals surface area contributed by atoms with Crippen molar-refractivity contribution in [1.29, 1.82) is 0 Å². The summed E-state index contributed by atoms with van der Waals surface area (Å²) < 4.78 is 10.8. The number of carboxylic acids is 1. The normalized spacial score (nSPS) is 13.1. The third-order valence-electron chi connectivity index (χ3n) is 5.55. The molecule has 0 aliphatic heterocycles. The molecule has 0 spiro atoms. The number of hydrogen-bond acceptors (Lipinski definition) is 6. The Bertz CT molecular complexity index is 983. The van der Waals surface area contributed by atoms with Crippen molar-refractivity contribution < 1.29 is 29.0 Å². The topological polar surface area (TPSA) is 114 Å². The lowest BCUT2D eigenvalue weighted by molar-refractivity contribution is -0.138. The van der Waals surface area contributed by atoms with Crippen LogP contribution in [0, 0.1) is 0 Å². The number of benzene rings is 2. The van der Waals surface area contributed by atoms with Gasteiger partial charge in [0.05, 0.1) is 11.9 Å². The zero-order valence-electron chi connectivity index (χ0n) is 20.0. The molecule has 1 aliphatic carbocycles. The van der Waals surface area contributed by atoms with Gasteiger partial charge in [-0.3, -0.25) is 4.79 Å². The molecule has 2 aromatic carbocycles. The Balaban J connectivity index is 1.43. The number of carbonyl (C=O) groups excluding carboxylic acids is 2. The number of amides is 2. The fourth-order valence-corrected chi connectivity index (χ4v) is 4.76. The molecule has 0 bridgehead atoms. The first-order valence-corrected chi connectivity index (χ1v) is 12.8. The van der Waals surface area contributed by atoms with E-state index in [4.69, 9.17) is 9.47 Å². The molecular weight excluding hydrogens is 468 g/mol. The second-order valence-corrected chi connectivity index (χ2v) is 9.53. The first kappa shape index (κ1) is 26.6. The summed E-state index contributed by atoms with van der Waals surface area (Å²) in [6.45, 7) is 5.06. The van der Waals surface area contributed by atoms with Gasteiger partial charge in [0.2, 0.25) is 5.91 Å². The molecule has 9 heteroatoms. The van der Waals surface area contributed by atoms with Crippen LogP contribution in [-0.2, 0) is 19.1 Å². The molecule has 0 radical (unpaired) electrons. The van der Waals surface area contributed by atoms with Gasteiger partial charge in [0, 0.05) is 24.8 Å². The molecule has 1 atom stereocenters. The number of carboxylic acid groups (broad SMARTS) is 1. The summed E-state index contributed by atoms with van der Waals surface area (Å²) in [5.41, 5.74) is 4.38. The maximum Gasteiger partial charge on any atom is 0.407 e. The molecule has 2 amide bonds. The summed E-state index contributed by atoms with van der Waals surface area (Å²) in [5, 5.41) is 14.6. The van der Waals surface area contributed by atoms with Crippen LogP contribution in [0.1, 0.15) is 37.3 Å². The number of hydrogen-bond donors (Lipinski definition) is 3. The lowest BCUT2D eigenvalue weighted by Gasteiger charge is -2.17. The van der Waals surface area contributed by atoms with Crippen molar-refractivity contribution in [1.82, 2.24) is 10.6 Å². The Kier molecular flexibility index (Phi) is 9.98. The second-order valence-electron chi connectivity index (χ2n) is 8.50. The summed E-state index contributed by atoms with van der Waals surface area (Å²) >= 11 is 1.14. The van der Waals surface area contributed by atoms with E-state index in [1.54, 1.807) is 0 Å². The van der Waals surface area contributed by atoms with Crippen molar-refractivity contribution in [3.05, 3.63) is 59.7 Å². The van der Waals surface area contributed by atoms with Gasteiger partial charge in [-0.2, -0.15) is 0 Å². The number of ether oxygens (including phenoxy) is 2. The third-order valence-corrected chi connectivity index (χ3v) is 6.58. The molecule has 0 fully saturated rings. The fraction of sp³-hybridized carbons (Fsp3) is 0.423. The van der Waals surface area contributed by atoms with Crippen LogP contribution in [0.5, 0.6) is 0 Å². The van der Waals surface area contributed by atoms with Crippen LogP contribution in [0.25, 0.3) is 11.1 Å². The minimum absolute atomic E-state index is 0.0450. The summed E-state index contributed by atoms with van der Waals surface area (Å²) in [6.07, 6.45) is 0.0584. The average Bonchev–Trinajstić information content (AvgIpc) is 3.15. The quantitative estimate of drug-likeness (QED) is 0.360. The first-order valence-electron chi connectivity index (χ1n) is 11.7. The van der Waals surface area contributed by atoms with Gasteiger partial charge in [-0.1, -0.05) is 48.5 Å². The monoisotopic (exact) mass is 500 g/mol.